The number of pyridine rings is 1. The van der Waals surface area contributed by atoms with E-state index in [-0.39, 0.29) is 5.56 Å². The van der Waals surface area contributed by atoms with Crippen LogP contribution in [0.1, 0.15) is 24.2 Å². The highest BCUT2D eigenvalue weighted by Gasteiger charge is 2.24. The third kappa shape index (κ3) is 4.13. The van der Waals surface area contributed by atoms with Crippen LogP contribution in [0.5, 0.6) is 0 Å². The fraction of sp³-hybridized carbons (Fsp3) is 0.417. The number of anilines is 1. The molecule has 0 saturated heterocycles. The van der Waals surface area contributed by atoms with E-state index in [9.17, 15) is 19.7 Å². The molecule has 0 aromatic carbocycles. The number of nitro groups is 1. The zero-order valence-corrected chi connectivity index (χ0v) is 12.0. The molecule has 0 fully saturated rings. The molecular formula is C12H17N5O4. The molecule has 9 heteroatoms. The van der Waals surface area contributed by atoms with Gasteiger partial charge in [0.15, 0.2) is 0 Å². The first-order valence-electron chi connectivity index (χ1n) is 6.31. The van der Waals surface area contributed by atoms with Gasteiger partial charge in [-0.15, -0.1) is 0 Å². The van der Waals surface area contributed by atoms with Gasteiger partial charge in [-0.25, -0.2) is 4.98 Å². The molecule has 1 aromatic rings. The number of hydrogen-bond acceptors (Lipinski definition) is 6. The van der Waals surface area contributed by atoms with E-state index in [0.717, 1.165) is 6.20 Å². The lowest BCUT2D eigenvalue weighted by Crippen LogP contribution is -2.43. The molecule has 0 aliphatic rings. The van der Waals surface area contributed by atoms with Gasteiger partial charge in [0, 0.05) is 19.7 Å². The van der Waals surface area contributed by atoms with Gasteiger partial charge in [0.2, 0.25) is 5.91 Å². The molecule has 1 unspecified atom stereocenters. The largest absolute Gasteiger partial charge is 0.370 e. The Morgan fingerprint density at radius 2 is 2.14 bits per heavy atom. The van der Waals surface area contributed by atoms with Gasteiger partial charge in [0.1, 0.15) is 23.6 Å². The van der Waals surface area contributed by atoms with Crippen molar-refractivity contribution in [2.75, 3.05) is 18.9 Å². The molecule has 0 saturated carbocycles. The third-order valence-corrected chi connectivity index (χ3v) is 2.67. The summed E-state index contributed by atoms with van der Waals surface area (Å²) >= 11 is 0. The zero-order chi connectivity index (χ0) is 16.0. The van der Waals surface area contributed by atoms with Gasteiger partial charge < -0.3 is 16.0 Å². The van der Waals surface area contributed by atoms with Crippen molar-refractivity contribution in [1.82, 2.24) is 15.6 Å². The number of rotatable bonds is 6. The topological polar surface area (TPSA) is 126 Å². The predicted molar refractivity (Wildman–Crippen MR) is 76.1 cm³/mol. The summed E-state index contributed by atoms with van der Waals surface area (Å²) in [4.78, 5) is 37.6. The number of carbonyl (C=O) groups is 2. The Morgan fingerprint density at radius 1 is 1.48 bits per heavy atom. The molecule has 0 radical (unpaired) electrons. The molecule has 1 aromatic heterocycles. The standard InChI is InChI=1S/C12H17N5O4/c1-4-14-10-5-8(9(6-15-10)17(20)21)12(19)16-7(2)11(18)13-3/h5-7H,4H2,1-3H3,(H,13,18)(H,14,15)(H,16,19). The van der Waals surface area contributed by atoms with Gasteiger partial charge in [-0.2, -0.15) is 0 Å². The van der Waals surface area contributed by atoms with Crippen LogP contribution in [-0.2, 0) is 4.79 Å². The molecule has 1 heterocycles. The van der Waals surface area contributed by atoms with E-state index in [0.29, 0.717) is 12.4 Å². The summed E-state index contributed by atoms with van der Waals surface area (Å²) < 4.78 is 0. The first-order chi connectivity index (χ1) is 9.90. The van der Waals surface area contributed by atoms with E-state index >= 15 is 0 Å². The van der Waals surface area contributed by atoms with Gasteiger partial charge in [-0.05, 0) is 13.8 Å². The van der Waals surface area contributed by atoms with Crippen molar-refractivity contribution in [1.29, 1.82) is 0 Å². The Balaban J connectivity index is 3.07. The minimum absolute atomic E-state index is 0.151. The summed E-state index contributed by atoms with van der Waals surface area (Å²) in [5.41, 5.74) is -0.569. The second-order valence-corrected chi connectivity index (χ2v) is 4.18. The minimum atomic E-state index is -0.808. The van der Waals surface area contributed by atoms with E-state index in [1.165, 1.54) is 20.0 Å². The smallest absolute Gasteiger partial charge is 0.300 e. The van der Waals surface area contributed by atoms with Crippen molar-refractivity contribution in [2.24, 2.45) is 0 Å². The van der Waals surface area contributed by atoms with E-state index in [4.69, 9.17) is 0 Å². The molecule has 1 rings (SSSR count). The number of amides is 2. The number of carbonyl (C=O) groups excluding carboxylic acids is 2. The van der Waals surface area contributed by atoms with Gasteiger partial charge in [0.25, 0.3) is 11.6 Å². The summed E-state index contributed by atoms with van der Waals surface area (Å²) in [6, 6.07) is 0.478. The second-order valence-electron chi connectivity index (χ2n) is 4.18. The highest BCUT2D eigenvalue weighted by molar-refractivity contribution is 6.01. The van der Waals surface area contributed by atoms with E-state index in [1.807, 2.05) is 6.92 Å². The maximum absolute atomic E-state index is 12.1. The quantitative estimate of drug-likeness (QED) is 0.511. The molecule has 1 atom stereocenters. The van der Waals surface area contributed by atoms with Crippen molar-refractivity contribution in [3.05, 3.63) is 27.9 Å². The zero-order valence-electron chi connectivity index (χ0n) is 12.0. The van der Waals surface area contributed by atoms with Crippen LogP contribution < -0.4 is 16.0 Å². The first kappa shape index (κ1) is 16.3. The average molecular weight is 295 g/mol. The van der Waals surface area contributed by atoms with Crippen LogP contribution in [0.25, 0.3) is 0 Å². The van der Waals surface area contributed by atoms with Crippen LogP contribution in [0.4, 0.5) is 11.5 Å². The highest BCUT2D eigenvalue weighted by atomic mass is 16.6. The number of nitrogens with zero attached hydrogens (tertiary/aromatic N) is 2. The summed E-state index contributed by atoms with van der Waals surface area (Å²) in [5, 5.41) is 18.6. The van der Waals surface area contributed by atoms with Crippen molar-refractivity contribution in [2.45, 2.75) is 19.9 Å². The lowest BCUT2D eigenvalue weighted by atomic mass is 10.2. The SMILES string of the molecule is CCNc1cc(C(=O)NC(C)C(=O)NC)c([N+](=O)[O-])cn1. The van der Waals surface area contributed by atoms with Crippen LogP contribution in [-0.4, -0.2) is 41.4 Å². The number of likely N-dealkylation sites (N-methyl/N-ethyl adjacent to an activating group) is 1. The van der Waals surface area contributed by atoms with Crippen LogP contribution in [0.2, 0.25) is 0 Å². The fourth-order valence-electron chi connectivity index (χ4n) is 1.61. The third-order valence-electron chi connectivity index (χ3n) is 2.67. The maximum Gasteiger partial charge on any atom is 0.300 e. The van der Waals surface area contributed by atoms with Crippen molar-refractivity contribution >= 4 is 23.3 Å². The second kappa shape index (κ2) is 7.17. The van der Waals surface area contributed by atoms with Crippen molar-refractivity contribution in [3.8, 4) is 0 Å². The molecule has 0 aliphatic heterocycles. The average Bonchev–Trinajstić information content (AvgIpc) is 2.46. The van der Waals surface area contributed by atoms with E-state index in [1.54, 1.807) is 0 Å². The normalized spacial score (nSPS) is 11.4. The fourth-order valence-corrected chi connectivity index (χ4v) is 1.61. The molecule has 114 valence electrons. The van der Waals surface area contributed by atoms with Gasteiger partial charge >= 0.3 is 0 Å². The number of aromatic nitrogens is 1. The summed E-state index contributed by atoms with van der Waals surface area (Å²) in [7, 11) is 1.43. The minimum Gasteiger partial charge on any atom is -0.370 e. The Kier molecular flexibility index (Phi) is 5.58. The molecule has 0 spiro atoms. The van der Waals surface area contributed by atoms with E-state index < -0.39 is 28.5 Å². The molecule has 2 amide bonds. The molecule has 21 heavy (non-hydrogen) atoms. The maximum atomic E-state index is 12.1. The lowest BCUT2D eigenvalue weighted by molar-refractivity contribution is -0.385. The molecule has 9 nitrogen and oxygen atoms in total. The summed E-state index contributed by atoms with van der Waals surface area (Å²) in [5.74, 6) is -0.757. The van der Waals surface area contributed by atoms with Gasteiger partial charge in [-0.3, -0.25) is 19.7 Å². The Hall–Kier alpha value is -2.71. The van der Waals surface area contributed by atoms with Crippen molar-refractivity contribution in [3.63, 3.8) is 0 Å². The molecule has 3 N–H and O–H groups in total. The Morgan fingerprint density at radius 3 is 2.67 bits per heavy atom. The van der Waals surface area contributed by atoms with E-state index in [2.05, 4.69) is 20.9 Å². The van der Waals surface area contributed by atoms with Crippen LogP contribution in [0.3, 0.4) is 0 Å². The number of nitrogens with one attached hydrogen (secondary N) is 3. The van der Waals surface area contributed by atoms with Crippen LogP contribution >= 0.6 is 0 Å². The molecule has 0 bridgehead atoms. The highest BCUT2D eigenvalue weighted by Crippen LogP contribution is 2.20. The lowest BCUT2D eigenvalue weighted by Gasteiger charge is -2.13. The molecule has 0 aliphatic carbocycles. The Bertz CT molecular complexity index is 561. The summed E-state index contributed by atoms with van der Waals surface area (Å²) in [6.45, 7) is 3.87. The van der Waals surface area contributed by atoms with Gasteiger partial charge in [0.05, 0.1) is 4.92 Å². The van der Waals surface area contributed by atoms with Crippen LogP contribution in [0, 0.1) is 10.1 Å². The Labute approximate surface area is 121 Å². The molecular weight excluding hydrogens is 278 g/mol. The predicted octanol–water partition coefficient (Wildman–Crippen LogP) is 0.286. The van der Waals surface area contributed by atoms with Crippen molar-refractivity contribution < 1.29 is 14.5 Å². The number of hydrogen-bond donors (Lipinski definition) is 3. The first-order valence-corrected chi connectivity index (χ1v) is 6.31. The monoisotopic (exact) mass is 295 g/mol. The van der Waals surface area contributed by atoms with Crippen LogP contribution in [0.15, 0.2) is 12.3 Å². The van der Waals surface area contributed by atoms with Gasteiger partial charge in [-0.1, -0.05) is 0 Å². The summed E-state index contributed by atoms with van der Waals surface area (Å²) in [6.07, 6.45) is 1.01.